The normalized spacial score (nSPS) is 11.0. The van der Waals surface area contributed by atoms with E-state index < -0.39 is 0 Å². The summed E-state index contributed by atoms with van der Waals surface area (Å²) >= 11 is 1.94. The minimum Gasteiger partial charge on any atom is -0.495 e. The maximum absolute atomic E-state index is 13.9. The van der Waals surface area contributed by atoms with E-state index in [9.17, 15) is 4.39 Å². The number of benzene rings is 2. The van der Waals surface area contributed by atoms with Crippen LogP contribution in [-0.4, -0.2) is 16.7 Å². The van der Waals surface area contributed by atoms with Crippen LogP contribution in [0, 0.1) is 16.3 Å². The fourth-order valence-electron chi connectivity index (χ4n) is 2.32. The summed E-state index contributed by atoms with van der Waals surface area (Å²) < 4.78 is 21.5. The Morgan fingerprint density at radius 2 is 2.05 bits per heavy atom. The number of aryl methyl sites for hydroxylation is 1. The molecule has 0 spiro atoms. The van der Waals surface area contributed by atoms with Gasteiger partial charge in [-0.2, -0.15) is 0 Å². The van der Waals surface area contributed by atoms with Crippen molar-refractivity contribution in [2.45, 2.75) is 6.92 Å². The second kappa shape index (κ2) is 5.18. The van der Waals surface area contributed by atoms with Gasteiger partial charge in [0, 0.05) is 6.07 Å². The Morgan fingerprint density at radius 3 is 2.76 bits per heavy atom. The number of methoxy groups -OCH3 is 1. The van der Waals surface area contributed by atoms with Gasteiger partial charge in [0.25, 0.3) is 0 Å². The molecule has 108 valence electrons. The van der Waals surface area contributed by atoms with Crippen molar-refractivity contribution in [2.24, 2.45) is 0 Å². The lowest BCUT2D eigenvalue weighted by Crippen LogP contribution is -2.03. The average molecular weight is 397 g/mol. The van der Waals surface area contributed by atoms with E-state index in [2.05, 4.69) is 4.98 Å². The second-order valence-electron chi connectivity index (χ2n) is 4.74. The van der Waals surface area contributed by atoms with E-state index in [0.29, 0.717) is 26.3 Å². The van der Waals surface area contributed by atoms with Crippen LogP contribution in [0.1, 0.15) is 5.56 Å². The van der Waals surface area contributed by atoms with Gasteiger partial charge < -0.3 is 10.5 Å². The SMILES string of the molecule is COc1ccc(C)cc1-n1c(N)nc2cc(I)c(F)cc21. The molecule has 4 nitrogen and oxygen atoms in total. The van der Waals surface area contributed by atoms with E-state index in [-0.39, 0.29) is 5.82 Å². The van der Waals surface area contributed by atoms with E-state index in [1.165, 1.54) is 6.07 Å². The number of aromatic nitrogens is 2. The van der Waals surface area contributed by atoms with E-state index in [0.717, 1.165) is 11.3 Å². The van der Waals surface area contributed by atoms with Gasteiger partial charge in [-0.1, -0.05) is 6.07 Å². The summed E-state index contributed by atoms with van der Waals surface area (Å²) in [6, 6.07) is 8.87. The van der Waals surface area contributed by atoms with Crippen LogP contribution < -0.4 is 10.5 Å². The van der Waals surface area contributed by atoms with Gasteiger partial charge >= 0.3 is 0 Å². The molecule has 0 saturated carbocycles. The van der Waals surface area contributed by atoms with Crippen molar-refractivity contribution in [1.82, 2.24) is 9.55 Å². The number of nitrogen functional groups attached to an aromatic ring is 1. The summed E-state index contributed by atoms with van der Waals surface area (Å²) in [6.45, 7) is 1.97. The van der Waals surface area contributed by atoms with Gasteiger partial charge in [-0.05, 0) is 53.3 Å². The van der Waals surface area contributed by atoms with Crippen molar-refractivity contribution in [1.29, 1.82) is 0 Å². The molecule has 3 rings (SSSR count). The molecule has 0 fully saturated rings. The first-order valence-corrected chi connectivity index (χ1v) is 7.37. The number of fused-ring (bicyclic) bond motifs is 1. The minimum absolute atomic E-state index is 0.295. The summed E-state index contributed by atoms with van der Waals surface area (Å²) in [5, 5.41) is 0. The topological polar surface area (TPSA) is 53.1 Å². The number of anilines is 1. The van der Waals surface area contributed by atoms with Gasteiger partial charge in [0.15, 0.2) is 0 Å². The molecule has 0 aliphatic heterocycles. The Hall–Kier alpha value is -1.83. The van der Waals surface area contributed by atoms with Crippen LogP contribution in [0.25, 0.3) is 16.7 Å². The van der Waals surface area contributed by atoms with Crippen LogP contribution in [0.2, 0.25) is 0 Å². The maximum Gasteiger partial charge on any atom is 0.206 e. The predicted octanol–water partition coefficient (Wildman–Crippen LogP) is 3.67. The third kappa shape index (κ3) is 2.33. The number of halogens is 2. The molecule has 3 aromatic rings. The molecular formula is C15H13FIN3O. The second-order valence-corrected chi connectivity index (χ2v) is 5.90. The van der Waals surface area contributed by atoms with Crippen LogP contribution in [0.4, 0.5) is 10.3 Å². The summed E-state index contributed by atoms with van der Waals surface area (Å²) in [5.41, 5.74) is 9.11. The molecule has 0 saturated heterocycles. The van der Waals surface area contributed by atoms with Crippen LogP contribution in [0.5, 0.6) is 5.75 Å². The summed E-state index contributed by atoms with van der Waals surface area (Å²) in [6.07, 6.45) is 0. The Labute approximate surface area is 134 Å². The number of imidazole rings is 1. The van der Waals surface area contributed by atoms with Crippen LogP contribution in [0.15, 0.2) is 30.3 Å². The Kier molecular flexibility index (Phi) is 3.48. The monoisotopic (exact) mass is 397 g/mol. The summed E-state index contributed by atoms with van der Waals surface area (Å²) in [4.78, 5) is 4.31. The number of rotatable bonds is 2. The fourth-order valence-corrected chi connectivity index (χ4v) is 2.77. The van der Waals surface area contributed by atoms with Crippen molar-refractivity contribution in [3.63, 3.8) is 0 Å². The molecule has 0 bridgehead atoms. The van der Waals surface area contributed by atoms with Gasteiger partial charge in [0.1, 0.15) is 11.6 Å². The molecule has 6 heteroatoms. The standard InChI is InChI=1S/C15H13FIN3O/c1-8-3-4-14(21-2)13(5-8)20-12-6-9(16)10(17)7-11(12)19-15(20)18/h3-7H,1-2H3,(H2,18,19). The minimum atomic E-state index is -0.295. The van der Waals surface area contributed by atoms with Gasteiger partial charge in [-0.15, -0.1) is 0 Å². The maximum atomic E-state index is 13.9. The number of ether oxygens (including phenoxy) is 1. The van der Waals surface area contributed by atoms with Gasteiger partial charge in [-0.3, -0.25) is 4.57 Å². The number of nitrogens with two attached hydrogens (primary N) is 1. The highest BCUT2D eigenvalue weighted by molar-refractivity contribution is 14.1. The van der Waals surface area contributed by atoms with Gasteiger partial charge in [-0.25, -0.2) is 9.37 Å². The summed E-state index contributed by atoms with van der Waals surface area (Å²) in [7, 11) is 1.59. The number of hydrogen-bond acceptors (Lipinski definition) is 3. The Balaban J connectivity index is 2.37. The molecule has 0 aliphatic rings. The molecule has 0 aliphatic carbocycles. The van der Waals surface area contributed by atoms with E-state index in [1.54, 1.807) is 17.7 Å². The van der Waals surface area contributed by atoms with Crippen LogP contribution in [0.3, 0.4) is 0 Å². The average Bonchev–Trinajstić information content (AvgIpc) is 2.74. The molecule has 21 heavy (non-hydrogen) atoms. The lowest BCUT2D eigenvalue weighted by molar-refractivity contribution is 0.413. The zero-order chi connectivity index (χ0) is 15.1. The highest BCUT2D eigenvalue weighted by atomic mass is 127. The highest BCUT2D eigenvalue weighted by Gasteiger charge is 2.16. The first-order valence-electron chi connectivity index (χ1n) is 6.29. The molecule has 0 atom stereocenters. The van der Waals surface area contributed by atoms with Crippen LogP contribution >= 0.6 is 22.6 Å². The van der Waals surface area contributed by atoms with E-state index in [1.807, 2.05) is 47.7 Å². The Bertz CT molecular complexity index is 845. The molecule has 2 aromatic carbocycles. The fraction of sp³-hybridized carbons (Fsp3) is 0.133. The highest BCUT2D eigenvalue weighted by Crippen LogP contribution is 2.31. The van der Waals surface area contributed by atoms with E-state index in [4.69, 9.17) is 10.5 Å². The lowest BCUT2D eigenvalue weighted by Gasteiger charge is -2.12. The molecule has 0 amide bonds. The first kappa shape index (κ1) is 14.1. The molecule has 1 heterocycles. The molecular weight excluding hydrogens is 384 g/mol. The smallest absolute Gasteiger partial charge is 0.206 e. The van der Waals surface area contributed by atoms with Gasteiger partial charge in [0.05, 0.1) is 27.4 Å². The first-order chi connectivity index (χ1) is 10.0. The largest absolute Gasteiger partial charge is 0.495 e. The Morgan fingerprint density at radius 1 is 1.29 bits per heavy atom. The zero-order valence-electron chi connectivity index (χ0n) is 11.5. The van der Waals surface area contributed by atoms with Crippen molar-refractivity contribution in [3.05, 3.63) is 45.3 Å². The van der Waals surface area contributed by atoms with Crippen molar-refractivity contribution >= 4 is 39.6 Å². The van der Waals surface area contributed by atoms with Crippen LogP contribution in [-0.2, 0) is 0 Å². The quantitative estimate of drug-likeness (QED) is 0.672. The molecule has 0 radical (unpaired) electrons. The van der Waals surface area contributed by atoms with E-state index >= 15 is 0 Å². The molecule has 2 N–H and O–H groups in total. The molecule has 1 aromatic heterocycles. The van der Waals surface area contributed by atoms with Crippen molar-refractivity contribution in [2.75, 3.05) is 12.8 Å². The number of hydrogen-bond donors (Lipinski definition) is 1. The van der Waals surface area contributed by atoms with Gasteiger partial charge in [0.2, 0.25) is 5.95 Å². The third-order valence-corrected chi connectivity index (χ3v) is 4.12. The predicted molar refractivity (Wildman–Crippen MR) is 89.4 cm³/mol. The summed E-state index contributed by atoms with van der Waals surface area (Å²) in [5.74, 6) is 0.664. The number of nitrogens with zero attached hydrogens (tertiary/aromatic N) is 2. The zero-order valence-corrected chi connectivity index (χ0v) is 13.7. The lowest BCUT2D eigenvalue weighted by atomic mass is 10.2. The molecule has 0 unspecified atom stereocenters. The van der Waals surface area contributed by atoms with Crippen molar-refractivity contribution in [3.8, 4) is 11.4 Å². The van der Waals surface area contributed by atoms with Crippen molar-refractivity contribution < 1.29 is 9.13 Å². The third-order valence-electron chi connectivity index (χ3n) is 3.30.